The van der Waals surface area contributed by atoms with Gasteiger partial charge in [-0.25, -0.2) is 0 Å². The minimum Gasteiger partial charge on any atom is -0.378 e. The van der Waals surface area contributed by atoms with E-state index < -0.39 is 0 Å². The highest BCUT2D eigenvalue weighted by Crippen LogP contribution is 2.19. The van der Waals surface area contributed by atoms with Crippen LogP contribution in [-0.4, -0.2) is 25.8 Å². The Morgan fingerprint density at radius 3 is 2.72 bits per heavy atom. The van der Waals surface area contributed by atoms with Crippen LogP contribution >= 0.6 is 11.6 Å². The zero-order chi connectivity index (χ0) is 12.8. The summed E-state index contributed by atoms with van der Waals surface area (Å²) in [4.78, 5) is 0. The van der Waals surface area contributed by atoms with E-state index in [1.54, 1.807) is 0 Å². The Balaban J connectivity index is 1.86. The van der Waals surface area contributed by atoms with Crippen molar-refractivity contribution in [3.63, 3.8) is 0 Å². The number of hydrogen-bond acceptors (Lipinski definition) is 2. The maximum Gasteiger partial charge on any atom is 0.0590 e. The van der Waals surface area contributed by atoms with E-state index in [0.717, 1.165) is 24.5 Å². The lowest BCUT2D eigenvalue weighted by Gasteiger charge is -2.27. The van der Waals surface area contributed by atoms with Gasteiger partial charge < -0.3 is 10.1 Å². The molecule has 1 aromatic carbocycles. The van der Waals surface area contributed by atoms with Crippen LogP contribution in [0.1, 0.15) is 31.2 Å². The van der Waals surface area contributed by atoms with Gasteiger partial charge in [0.1, 0.15) is 0 Å². The fourth-order valence-corrected chi connectivity index (χ4v) is 2.64. The highest BCUT2D eigenvalue weighted by atomic mass is 35.5. The van der Waals surface area contributed by atoms with E-state index in [2.05, 4.69) is 17.4 Å². The summed E-state index contributed by atoms with van der Waals surface area (Å²) in [5.41, 5.74) is 1.33. The first-order valence-electron chi connectivity index (χ1n) is 6.81. The molecular formula is C15H22ClNO. The summed E-state index contributed by atoms with van der Waals surface area (Å²) in [5, 5.41) is 4.20. The Labute approximate surface area is 115 Å². The third-order valence-electron chi connectivity index (χ3n) is 3.63. The maximum atomic E-state index is 5.90. The van der Waals surface area contributed by atoms with E-state index >= 15 is 0 Å². The van der Waals surface area contributed by atoms with Crippen molar-refractivity contribution in [3.05, 3.63) is 34.9 Å². The van der Waals surface area contributed by atoms with E-state index in [1.807, 2.05) is 19.2 Å². The lowest BCUT2D eigenvalue weighted by molar-refractivity contribution is 0.00569. The van der Waals surface area contributed by atoms with Crippen LogP contribution < -0.4 is 5.32 Å². The van der Waals surface area contributed by atoms with Crippen LogP contribution in [0.5, 0.6) is 0 Å². The van der Waals surface area contributed by atoms with E-state index in [4.69, 9.17) is 16.3 Å². The minimum absolute atomic E-state index is 0.434. The molecule has 2 atom stereocenters. The number of halogens is 1. The molecule has 100 valence electrons. The highest BCUT2D eigenvalue weighted by Gasteiger charge is 2.18. The summed E-state index contributed by atoms with van der Waals surface area (Å²) in [6.45, 7) is 0.933. The Morgan fingerprint density at radius 2 is 2.11 bits per heavy atom. The van der Waals surface area contributed by atoms with Crippen LogP contribution in [0, 0.1) is 0 Å². The van der Waals surface area contributed by atoms with Crippen molar-refractivity contribution in [2.24, 2.45) is 0 Å². The fraction of sp³-hybridized carbons (Fsp3) is 0.600. The lowest BCUT2D eigenvalue weighted by Crippen LogP contribution is -2.34. The van der Waals surface area contributed by atoms with Crippen LogP contribution in [0.4, 0.5) is 0 Å². The predicted octanol–water partition coefficient (Wildman–Crippen LogP) is 3.43. The number of ether oxygens (including phenoxy) is 1. The normalized spacial score (nSPS) is 21.8. The standard InChI is InChI=1S/C15H22ClNO/c1-17-14(11-15-4-2-3-9-18-15)10-12-5-7-13(16)8-6-12/h5-8,14-15,17H,2-4,9-11H2,1H3. The molecule has 2 nitrogen and oxygen atoms in total. The van der Waals surface area contributed by atoms with Gasteiger partial charge in [0.15, 0.2) is 0 Å². The molecule has 18 heavy (non-hydrogen) atoms. The van der Waals surface area contributed by atoms with Gasteiger partial charge in [-0.1, -0.05) is 23.7 Å². The van der Waals surface area contributed by atoms with Crippen LogP contribution in [0.15, 0.2) is 24.3 Å². The topological polar surface area (TPSA) is 21.3 Å². The molecule has 1 saturated heterocycles. The van der Waals surface area contributed by atoms with Gasteiger partial charge >= 0.3 is 0 Å². The number of nitrogens with one attached hydrogen (secondary N) is 1. The minimum atomic E-state index is 0.434. The second-order valence-corrected chi connectivity index (χ2v) is 5.48. The molecule has 3 heteroatoms. The first-order chi connectivity index (χ1) is 8.78. The van der Waals surface area contributed by atoms with Gasteiger partial charge in [0, 0.05) is 17.7 Å². The van der Waals surface area contributed by atoms with E-state index in [0.29, 0.717) is 12.1 Å². The van der Waals surface area contributed by atoms with Crippen LogP contribution in [0.2, 0.25) is 5.02 Å². The van der Waals surface area contributed by atoms with Gasteiger partial charge in [0.25, 0.3) is 0 Å². The largest absolute Gasteiger partial charge is 0.378 e. The molecule has 1 heterocycles. The number of benzene rings is 1. The fourth-order valence-electron chi connectivity index (χ4n) is 2.52. The molecule has 0 aromatic heterocycles. The first-order valence-corrected chi connectivity index (χ1v) is 7.19. The van der Waals surface area contributed by atoms with Gasteiger partial charge in [-0.05, 0) is 56.8 Å². The molecule has 0 bridgehead atoms. The highest BCUT2D eigenvalue weighted by molar-refractivity contribution is 6.30. The summed E-state index contributed by atoms with van der Waals surface area (Å²) in [6.07, 6.45) is 6.30. The third-order valence-corrected chi connectivity index (χ3v) is 3.88. The van der Waals surface area contributed by atoms with Crippen molar-refractivity contribution < 1.29 is 4.74 Å². The number of likely N-dealkylation sites (N-methyl/N-ethyl adjacent to an activating group) is 1. The molecule has 0 aliphatic carbocycles. The molecule has 0 radical (unpaired) electrons. The maximum absolute atomic E-state index is 5.90. The average molecular weight is 268 g/mol. The number of rotatable bonds is 5. The van der Waals surface area contributed by atoms with Crippen LogP contribution in [-0.2, 0) is 11.2 Å². The zero-order valence-corrected chi connectivity index (χ0v) is 11.7. The van der Waals surface area contributed by atoms with Crippen molar-refractivity contribution in [1.29, 1.82) is 0 Å². The summed E-state index contributed by atoms with van der Waals surface area (Å²) < 4.78 is 5.81. The van der Waals surface area contributed by atoms with E-state index in [9.17, 15) is 0 Å². The zero-order valence-electron chi connectivity index (χ0n) is 11.0. The third kappa shape index (κ3) is 4.27. The molecule has 0 spiro atoms. The van der Waals surface area contributed by atoms with Crippen molar-refractivity contribution in [2.75, 3.05) is 13.7 Å². The Kier molecular flexibility index (Phi) is 5.48. The smallest absolute Gasteiger partial charge is 0.0590 e. The molecule has 1 aliphatic heterocycles. The summed E-state index contributed by atoms with van der Waals surface area (Å²) in [5.74, 6) is 0. The van der Waals surface area contributed by atoms with Crippen molar-refractivity contribution in [1.82, 2.24) is 5.32 Å². The molecule has 1 N–H and O–H groups in total. The molecule has 1 aliphatic rings. The summed E-state index contributed by atoms with van der Waals surface area (Å²) >= 11 is 5.90. The SMILES string of the molecule is CNC(Cc1ccc(Cl)cc1)CC1CCCCO1. The van der Waals surface area contributed by atoms with Gasteiger partial charge in [0.2, 0.25) is 0 Å². The molecule has 2 rings (SSSR count). The predicted molar refractivity (Wildman–Crippen MR) is 76.2 cm³/mol. The van der Waals surface area contributed by atoms with Crippen LogP contribution in [0.25, 0.3) is 0 Å². The molecule has 2 unspecified atom stereocenters. The van der Waals surface area contributed by atoms with Crippen molar-refractivity contribution in [3.8, 4) is 0 Å². The van der Waals surface area contributed by atoms with E-state index in [1.165, 1.54) is 24.8 Å². The second kappa shape index (κ2) is 7.13. The molecule has 1 aromatic rings. The molecule has 0 saturated carbocycles. The quantitative estimate of drug-likeness (QED) is 0.883. The second-order valence-electron chi connectivity index (χ2n) is 5.04. The summed E-state index contributed by atoms with van der Waals surface area (Å²) in [6, 6.07) is 8.61. The molecule has 1 fully saturated rings. The Morgan fingerprint density at radius 1 is 1.33 bits per heavy atom. The molecular weight excluding hydrogens is 246 g/mol. The van der Waals surface area contributed by atoms with Gasteiger partial charge in [-0.3, -0.25) is 0 Å². The Hall–Kier alpha value is -0.570. The molecule has 0 amide bonds. The Bertz CT molecular complexity index is 346. The van der Waals surface area contributed by atoms with Gasteiger partial charge in [0.05, 0.1) is 6.10 Å². The van der Waals surface area contributed by atoms with Gasteiger partial charge in [-0.15, -0.1) is 0 Å². The van der Waals surface area contributed by atoms with Crippen LogP contribution in [0.3, 0.4) is 0 Å². The number of hydrogen-bond donors (Lipinski definition) is 1. The van der Waals surface area contributed by atoms with E-state index in [-0.39, 0.29) is 0 Å². The lowest BCUT2D eigenvalue weighted by atomic mass is 9.97. The monoisotopic (exact) mass is 267 g/mol. The van der Waals surface area contributed by atoms with Gasteiger partial charge in [-0.2, -0.15) is 0 Å². The first kappa shape index (κ1) is 13.9. The van der Waals surface area contributed by atoms with Crippen molar-refractivity contribution >= 4 is 11.6 Å². The van der Waals surface area contributed by atoms with Crippen molar-refractivity contribution in [2.45, 2.75) is 44.2 Å². The summed E-state index contributed by atoms with van der Waals surface area (Å²) in [7, 11) is 2.03. The average Bonchev–Trinajstić information content (AvgIpc) is 2.41.